The summed E-state index contributed by atoms with van der Waals surface area (Å²) in [7, 11) is -2.47. The molecule has 3 N–H and O–H groups in total. The number of nitrogens with one attached hydrogen (secondary N) is 1. The zero-order valence-electron chi connectivity index (χ0n) is 12.9. The largest absolute Gasteiger partial charge is 0.497 e. The van der Waals surface area contributed by atoms with E-state index in [4.69, 9.17) is 4.74 Å². The molecule has 0 radical (unpaired) electrons. The number of hydrogen-bond acceptors (Lipinski definition) is 6. The molecule has 2 atom stereocenters. The van der Waals surface area contributed by atoms with Gasteiger partial charge in [-0.15, -0.1) is 0 Å². The van der Waals surface area contributed by atoms with E-state index in [0.29, 0.717) is 5.75 Å². The molecule has 0 spiro atoms. The van der Waals surface area contributed by atoms with E-state index in [1.165, 1.54) is 26.2 Å². The number of carbonyl (C=O) groups excluding carboxylic acids is 1. The Kier molecular flexibility index (Phi) is 4.95. The molecule has 1 fully saturated rings. The van der Waals surface area contributed by atoms with Crippen LogP contribution in [0.1, 0.15) is 6.92 Å². The van der Waals surface area contributed by atoms with Crippen LogP contribution in [0.4, 0.5) is 0 Å². The predicted octanol–water partition coefficient (Wildman–Crippen LogP) is -1.07. The van der Waals surface area contributed by atoms with E-state index in [-0.39, 0.29) is 30.4 Å². The summed E-state index contributed by atoms with van der Waals surface area (Å²) in [6.45, 7) is 0.479. The first-order valence-corrected chi connectivity index (χ1v) is 8.42. The lowest BCUT2D eigenvalue weighted by Gasteiger charge is -2.25. The maximum Gasteiger partial charge on any atom is 0.243 e. The van der Waals surface area contributed by atoms with Crippen LogP contribution < -0.4 is 10.1 Å². The molecule has 1 aliphatic heterocycles. The van der Waals surface area contributed by atoms with Gasteiger partial charge in [-0.25, -0.2) is 8.42 Å². The molecule has 23 heavy (non-hydrogen) atoms. The molecule has 128 valence electrons. The molecular formula is C14H20N2O6S. The Morgan fingerprint density at radius 1 is 1.52 bits per heavy atom. The highest BCUT2D eigenvalue weighted by Gasteiger charge is 2.48. The van der Waals surface area contributed by atoms with Crippen LogP contribution in [-0.4, -0.2) is 67.3 Å². The van der Waals surface area contributed by atoms with E-state index in [0.717, 1.165) is 4.31 Å². The fraction of sp³-hybridized carbons (Fsp3) is 0.500. The molecule has 0 bridgehead atoms. The lowest BCUT2D eigenvalue weighted by atomic mass is 10.0. The molecular weight excluding hydrogens is 324 g/mol. The second-order valence-electron chi connectivity index (χ2n) is 5.51. The molecule has 8 nitrogen and oxygen atoms in total. The Balaban J connectivity index is 2.23. The minimum Gasteiger partial charge on any atom is -0.497 e. The zero-order chi connectivity index (χ0) is 17.3. The number of aliphatic hydroxyl groups excluding tert-OH is 1. The van der Waals surface area contributed by atoms with Gasteiger partial charge >= 0.3 is 0 Å². The standard InChI is InChI=1S/C14H20N2O6S/c1-10(17)15-8-14(19)9-16(7-13(14)18)23(20,21)12-5-3-4-11(6-12)22-2/h3-6,13,18-19H,7-9H2,1-2H3,(H,15,17)/t13-,14+/m1/s1. The number of ether oxygens (including phenoxy) is 1. The van der Waals surface area contributed by atoms with Crippen LogP contribution in [0, 0.1) is 0 Å². The fourth-order valence-electron chi connectivity index (χ4n) is 2.38. The first kappa shape index (κ1) is 17.7. The predicted molar refractivity (Wildman–Crippen MR) is 81.4 cm³/mol. The lowest BCUT2D eigenvalue weighted by Crippen LogP contribution is -2.51. The molecule has 9 heteroatoms. The Hall–Kier alpha value is -1.68. The molecule has 1 aromatic rings. The molecule has 0 saturated carbocycles. The summed E-state index contributed by atoms with van der Waals surface area (Å²) in [6.07, 6.45) is -1.30. The van der Waals surface area contributed by atoms with E-state index in [2.05, 4.69) is 5.32 Å². The quantitative estimate of drug-likeness (QED) is 0.626. The van der Waals surface area contributed by atoms with Crippen LogP contribution in [0.3, 0.4) is 0 Å². The number of benzene rings is 1. The maximum atomic E-state index is 12.6. The minimum atomic E-state index is -3.89. The third-order valence-corrected chi connectivity index (χ3v) is 5.58. The first-order valence-electron chi connectivity index (χ1n) is 6.98. The van der Waals surface area contributed by atoms with Crippen LogP contribution in [0.2, 0.25) is 0 Å². The van der Waals surface area contributed by atoms with Crippen molar-refractivity contribution in [1.82, 2.24) is 9.62 Å². The van der Waals surface area contributed by atoms with Crippen LogP contribution >= 0.6 is 0 Å². The van der Waals surface area contributed by atoms with E-state index >= 15 is 0 Å². The van der Waals surface area contributed by atoms with Gasteiger partial charge in [0.05, 0.1) is 24.7 Å². The zero-order valence-corrected chi connectivity index (χ0v) is 13.7. The third kappa shape index (κ3) is 3.63. The topological polar surface area (TPSA) is 116 Å². The normalized spacial score (nSPS) is 25.3. The number of sulfonamides is 1. The van der Waals surface area contributed by atoms with Gasteiger partial charge < -0.3 is 20.3 Å². The summed E-state index contributed by atoms with van der Waals surface area (Å²) in [4.78, 5) is 11.0. The fourth-order valence-corrected chi connectivity index (χ4v) is 3.93. The van der Waals surface area contributed by atoms with E-state index in [1.807, 2.05) is 0 Å². The number of rotatable bonds is 5. The summed E-state index contributed by atoms with van der Waals surface area (Å²) in [5, 5.41) is 22.8. The highest BCUT2D eigenvalue weighted by atomic mass is 32.2. The van der Waals surface area contributed by atoms with Gasteiger partial charge in [-0.2, -0.15) is 4.31 Å². The van der Waals surface area contributed by atoms with Gasteiger partial charge in [-0.3, -0.25) is 4.79 Å². The van der Waals surface area contributed by atoms with Gasteiger partial charge in [0.15, 0.2) is 0 Å². The smallest absolute Gasteiger partial charge is 0.243 e. The number of methoxy groups -OCH3 is 1. The average molecular weight is 344 g/mol. The molecule has 1 aliphatic rings. The van der Waals surface area contributed by atoms with Crippen molar-refractivity contribution in [3.8, 4) is 5.75 Å². The van der Waals surface area contributed by atoms with Crippen molar-refractivity contribution in [2.45, 2.75) is 23.5 Å². The molecule has 0 aliphatic carbocycles. The van der Waals surface area contributed by atoms with Crippen LogP contribution in [0.5, 0.6) is 5.75 Å². The van der Waals surface area contributed by atoms with Crippen LogP contribution in [0.25, 0.3) is 0 Å². The first-order chi connectivity index (χ1) is 10.7. The van der Waals surface area contributed by atoms with Gasteiger partial charge in [0.25, 0.3) is 0 Å². The highest BCUT2D eigenvalue weighted by Crippen LogP contribution is 2.28. The lowest BCUT2D eigenvalue weighted by molar-refractivity contribution is -0.121. The maximum absolute atomic E-state index is 12.6. The van der Waals surface area contributed by atoms with Crippen molar-refractivity contribution in [3.05, 3.63) is 24.3 Å². The third-order valence-electron chi connectivity index (χ3n) is 3.77. The Morgan fingerprint density at radius 3 is 2.83 bits per heavy atom. The number of nitrogens with zero attached hydrogens (tertiary/aromatic N) is 1. The molecule has 1 aromatic carbocycles. The number of hydrogen-bond donors (Lipinski definition) is 3. The van der Waals surface area contributed by atoms with E-state index in [9.17, 15) is 23.4 Å². The monoisotopic (exact) mass is 344 g/mol. The minimum absolute atomic E-state index is 0.00725. The molecule has 1 amide bonds. The number of aliphatic hydroxyl groups is 2. The molecule has 0 aromatic heterocycles. The van der Waals surface area contributed by atoms with Gasteiger partial charge in [-0.05, 0) is 12.1 Å². The number of amides is 1. The van der Waals surface area contributed by atoms with Gasteiger partial charge in [0.1, 0.15) is 11.4 Å². The van der Waals surface area contributed by atoms with Gasteiger partial charge in [0.2, 0.25) is 15.9 Å². The van der Waals surface area contributed by atoms with Gasteiger partial charge in [0, 0.05) is 26.1 Å². The number of carbonyl (C=O) groups is 1. The Labute approximate surface area is 134 Å². The second kappa shape index (κ2) is 6.44. The van der Waals surface area contributed by atoms with Crippen molar-refractivity contribution in [3.63, 3.8) is 0 Å². The van der Waals surface area contributed by atoms with Crippen molar-refractivity contribution in [2.24, 2.45) is 0 Å². The summed E-state index contributed by atoms with van der Waals surface area (Å²) < 4.78 is 31.3. The van der Waals surface area contributed by atoms with Crippen molar-refractivity contribution in [1.29, 1.82) is 0 Å². The molecule has 1 saturated heterocycles. The Morgan fingerprint density at radius 2 is 2.22 bits per heavy atom. The summed E-state index contributed by atoms with van der Waals surface area (Å²) >= 11 is 0. The molecule has 1 heterocycles. The van der Waals surface area contributed by atoms with Crippen LogP contribution in [0.15, 0.2) is 29.2 Å². The second-order valence-corrected chi connectivity index (χ2v) is 7.44. The van der Waals surface area contributed by atoms with E-state index in [1.54, 1.807) is 12.1 Å². The van der Waals surface area contributed by atoms with Crippen LogP contribution in [-0.2, 0) is 14.8 Å². The van der Waals surface area contributed by atoms with Crippen molar-refractivity contribution < 1.29 is 28.2 Å². The summed E-state index contributed by atoms with van der Waals surface area (Å²) in [5.74, 6) is 0.0130. The van der Waals surface area contributed by atoms with Gasteiger partial charge in [-0.1, -0.05) is 6.07 Å². The Bertz CT molecular complexity index is 692. The van der Waals surface area contributed by atoms with Crippen molar-refractivity contribution in [2.75, 3.05) is 26.7 Å². The molecule has 0 unspecified atom stereocenters. The van der Waals surface area contributed by atoms with E-state index < -0.39 is 21.7 Å². The van der Waals surface area contributed by atoms with Crippen molar-refractivity contribution >= 4 is 15.9 Å². The summed E-state index contributed by atoms with van der Waals surface area (Å²) in [6, 6.07) is 5.94. The number of β-amino-alcohol motifs (C(OH)–C–C–N with tert-alkyl or cyclic N) is 2. The summed E-state index contributed by atoms with van der Waals surface area (Å²) in [5.41, 5.74) is -1.72. The SMILES string of the molecule is COc1cccc(S(=O)(=O)N2C[C@@H](O)[C@](O)(CNC(C)=O)C2)c1. The average Bonchev–Trinajstić information content (AvgIpc) is 2.82. The molecule has 2 rings (SSSR count). The highest BCUT2D eigenvalue weighted by molar-refractivity contribution is 7.89.